The van der Waals surface area contributed by atoms with Gasteiger partial charge in [0.25, 0.3) is 0 Å². The quantitative estimate of drug-likeness (QED) is 0.817. The van der Waals surface area contributed by atoms with Crippen molar-refractivity contribution in [3.05, 3.63) is 71.8 Å². The Morgan fingerprint density at radius 1 is 1.05 bits per heavy atom. The molecule has 0 N–H and O–H groups in total. The summed E-state index contributed by atoms with van der Waals surface area (Å²) >= 11 is 0. The summed E-state index contributed by atoms with van der Waals surface area (Å²) in [6, 6.07) is 19.0. The zero-order chi connectivity index (χ0) is 14.9. The van der Waals surface area contributed by atoms with Crippen LogP contribution >= 0.6 is 0 Å². The van der Waals surface area contributed by atoms with Crippen molar-refractivity contribution >= 4 is 6.09 Å². The van der Waals surface area contributed by atoms with Gasteiger partial charge in [-0.3, -0.25) is 0 Å². The van der Waals surface area contributed by atoms with Crippen LogP contribution in [-0.2, 0) is 20.9 Å². The summed E-state index contributed by atoms with van der Waals surface area (Å²) in [6.07, 6.45) is -0.935. The molecule has 2 saturated heterocycles. The van der Waals surface area contributed by atoms with Gasteiger partial charge in [-0.1, -0.05) is 60.7 Å². The lowest BCUT2D eigenvalue weighted by Gasteiger charge is -2.24. The zero-order valence-corrected chi connectivity index (χ0v) is 11.8. The molecule has 0 saturated carbocycles. The van der Waals surface area contributed by atoms with E-state index in [2.05, 4.69) is 0 Å². The van der Waals surface area contributed by atoms with E-state index in [0.29, 0.717) is 0 Å². The highest BCUT2D eigenvalue weighted by Gasteiger charge is 2.59. The van der Waals surface area contributed by atoms with Crippen molar-refractivity contribution in [2.45, 2.75) is 25.0 Å². The van der Waals surface area contributed by atoms with Gasteiger partial charge in [0.2, 0.25) is 6.29 Å². The topological polar surface area (TPSA) is 51.3 Å². The van der Waals surface area contributed by atoms with Crippen LogP contribution in [0.25, 0.3) is 0 Å². The third-order valence-corrected chi connectivity index (χ3v) is 3.79. The molecule has 2 aliphatic rings. The summed E-state index contributed by atoms with van der Waals surface area (Å²) < 4.78 is 10.7. The number of amides is 1. The number of fused-ring (bicyclic) bond motifs is 1. The molecule has 2 aromatic carbocycles. The first-order chi connectivity index (χ1) is 10.8. The molecule has 4 rings (SSSR count). The molecular formula is C17H15NO4. The molecule has 1 amide bonds. The van der Waals surface area contributed by atoms with Crippen LogP contribution in [0, 0.1) is 0 Å². The highest BCUT2D eigenvalue weighted by molar-refractivity contribution is 5.67. The molecule has 2 aromatic rings. The fourth-order valence-corrected chi connectivity index (χ4v) is 2.64. The summed E-state index contributed by atoms with van der Waals surface area (Å²) in [6.45, 7) is 0.219. The van der Waals surface area contributed by atoms with Crippen molar-refractivity contribution in [3.63, 3.8) is 0 Å². The van der Waals surface area contributed by atoms with E-state index in [4.69, 9.17) is 14.3 Å². The van der Waals surface area contributed by atoms with Gasteiger partial charge in [0, 0.05) is 0 Å². The number of rotatable bonds is 3. The molecule has 22 heavy (non-hydrogen) atoms. The lowest BCUT2D eigenvalue weighted by atomic mass is 10.0. The lowest BCUT2D eigenvalue weighted by Crippen LogP contribution is -2.33. The molecular weight excluding hydrogens is 282 g/mol. The van der Waals surface area contributed by atoms with Gasteiger partial charge in [0.15, 0.2) is 0 Å². The van der Waals surface area contributed by atoms with Crippen molar-refractivity contribution in [1.29, 1.82) is 0 Å². The second-order valence-corrected chi connectivity index (χ2v) is 5.30. The standard InChI is InChI=1S/C17H15NO4/c19-17(20-11-12-7-3-1-4-8-12)18-14(15-16(21-15)22-18)13-9-5-2-6-10-13/h1-10,14-16H,11H2/t14-,15-,16+/m1/s1. The molecule has 0 aliphatic carbocycles. The maximum Gasteiger partial charge on any atom is 0.435 e. The fraction of sp³-hybridized carbons (Fsp3) is 0.235. The summed E-state index contributed by atoms with van der Waals surface area (Å²) in [7, 11) is 0. The molecule has 0 radical (unpaired) electrons. The molecule has 2 heterocycles. The number of hydroxylamine groups is 2. The summed E-state index contributed by atoms with van der Waals surface area (Å²) in [5, 5.41) is 1.29. The van der Waals surface area contributed by atoms with Crippen LogP contribution in [0.1, 0.15) is 17.2 Å². The lowest BCUT2D eigenvalue weighted by molar-refractivity contribution is -0.183. The zero-order valence-electron chi connectivity index (χ0n) is 11.8. The highest BCUT2D eigenvalue weighted by Crippen LogP contribution is 2.46. The van der Waals surface area contributed by atoms with E-state index in [1.807, 2.05) is 60.7 Å². The van der Waals surface area contributed by atoms with Gasteiger partial charge in [-0.25, -0.2) is 9.63 Å². The minimum atomic E-state index is -0.492. The normalized spacial score (nSPS) is 25.6. The molecule has 112 valence electrons. The maximum atomic E-state index is 12.3. The van der Waals surface area contributed by atoms with Crippen molar-refractivity contribution in [1.82, 2.24) is 5.06 Å². The van der Waals surface area contributed by atoms with E-state index in [9.17, 15) is 4.79 Å². The Morgan fingerprint density at radius 2 is 1.73 bits per heavy atom. The number of carbonyl (C=O) groups is 1. The summed E-state index contributed by atoms with van der Waals surface area (Å²) in [5.74, 6) is 0. The predicted octanol–water partition coefficient (Wildman–Crippen LogP) is 3.04. The second-order valence-electron chi connectivity index (χ2n) is 5.30. The van der Waals surface area contributed by atoms with Crippen molar-refractivity contribution in [2.24, 2.45) is 0 Å². The number of carbonyl (C=O) groups excluding carboxylic acids is 1. The Balaban J connectivity index is 1.46. The largest absolute Gasteiger partial charge is 0.443 e. The third-order valence-electron chi connectivity index (χ3n) is 3.79. The number of nitrogens with zero attached hydrogens (tertiary/aromatic N) is 1. The van der Waals surface area contributed by atoms with Gasteiger partial charge in [0.05, 0.1) is 0 Å². The number of ether oxygens (including phenoxy) is 2. The van der Waals surface area contributed by atoms with Crippen LogP contribution in [0.15, 0.2) is 60.7 Å². The van der Waals surface area contributed by atoms with E-state index >= 15 is 0 Å². The van der Waals surface area contributed by atoms with Crippen LogP contribution < -0.4 is 0 Å². The Bertz CT molecular complexity index is 661. The maximum absolute atomic E-state index is 12.3. The van der Waals surface area contributed by atoms with Crippen LogP contribution in [0.5, 0.6) is 0 Å². The van der Waals surface area contributed by atoms with Gasteiger partial charge in [0.1, 0.15) is 18.8 Å². The summed E-state index contributed by atoms with van der Waals surface area (Å²) in [4.78, 5) is 17.8. The first-order valence-electron chi connectivity index (χ1n) is 7.20. The highest BCUT2D eigenvalue weighted by atomic mass is 16.9. The van der Waals surface area contributed by atoms with Crippen molar-refractivity contribution in [2.75, 3.05) is 0 Å². The predicted molar refractivity (Wildman–Crippen MR) is 77.4 cm³/mol. The van der Waals surface area contributed by atoms with Gasteiger partial charge in [-0.2, -0.15) is 5.06 Å². The SMILES string of the molecule is O=C(OCc1ccccc1)N1O[C@@H]2O[C@@H]2[C@H]1c1ccccc1. The van der Waals surface area contributed by atoms with Gasteiger partial charge in [-0.05, 0) is 11.1 Å². The van der Waals surface area contributed by atoms with E-state index in [1.165, 1.54) is 5.06 Å². The van der Waals surface area contributed by atoms with Crippen LogP contribution in [0.3, 0.4) is 0 Å². The first kappa shape index (κ1) is 13.3. The monoisotopic (exact) mass is 297 g/mol. The van der Waals surface area contributed by atoms with E-state index in [1.54, 1.807) is 0 Å². The van der Waals surface area contributed by atoms with Crippen molar-refractivity contribution in [3.8, 4) is 0 Å². The molecule has 2 fully saturated rings. The Kier molecular flexibility index (Phi) is 3.29. The Labute approximate surface area is 128 Å². The van der Waals surface area contributed by atoms with E-state index in [-0.39, 0.29) is 25.0 Å². The van der Waals surface area contributed by atoms with E-state index < -0.39 is 6.09 Å². The first-order valence-corrected chi connectivity index (χ1v) is 7.20. The second kappa shape index (κ2) is 5.44. The molecule has 0 unspecified atom stereocenters. The van der Waals surface area contributed by atoms with Crippen LogP contribution in [0.2, 0.25) is 0 Å². The van der Waals surface area contributed by atoms with Gasteiger partial charge >= 0.3 is 6.09 Å². The molecule has 5 nitrogen and oxygen atoms in total. The molecule has 0 aromatic heterocycles. The van der Waals surface area contributed by atoms with Gasteiger partial charge in [-0.15, -0.1) is 0 Å². The van der Waals surface area contributed by atoms with Crippen LogP contribution in [-0.4, -0.2) is 23.6 Å². The average molecular weight is 297 g/mol. The summed E-state index contributed by atoms with van der Waals surface area (Å²) in [5.41, 5.74) is 1.91. The molecule has 0 spiro atoms. The number of hydrogen-bond donors (Lipinski definition) is 0. The smallest absolute Gasteiger partial charge is 0.435 e. The number of benzene rings is 2. The third kappa shape index (κ3) is 2.45. The Morgan fingerprint density at radius 3 is 2.45 bits per heavy atom. The van der Waals surface area contributed by atoms with Gasteiger partial charge < -0.3 is 9.47 Å². The molecule has 0 bridgehead atoms. The molecule has 5 heteroatoms. The van der Waals surface area contributed by atoms with E-state index in [0.717, 1.165) is 11.1 Å². The van der Waals surface area contributed by atoms with Crippen molar-refractivity contribution < 1.29 is 19.1 Å². The Hall–Kier alpha value is -2.37. The average Bonchev–Trinajstić information content (AvgIpc) is 3.24. The minimum Gasteiger partial charge on any atom is -0.443 e. The molecule has 3 atom stereocenters. The number of hydrogen-bond acceptors (Lipinski definition) is 4. The minimum absolute atomic E-state index is 0.105. The fourth-order valence-electron chi connectivity index (χ4n) is 2.64. The number of epoxide rings is 1. The van der Waals surface area contributed by atoms with Crippen LogP contribution in [0.4, 0.5) is 4.79 Å². The molecule has 2 aliphatic heterocycles.